The van der Waals surface area contributed by atoms with Crippen LogP contribution in [0.5, 0.6) is 0 Å². The highest BCUT2D eigenvalue weighted by Gasteiger charge is 2.32. The molecule has 0 bridgehead atoms. The summed E-state index contributed by atoms with van der Waals surface area (Å²) in [5.41, 5.74) is -2.96. The van der Waals surface area contributed by atoms with E-state index in [4.69, 9.17) is 18.9 Å². The molecule has 0 aromatic rings. The predicted molar refractivity (Wildman–Crippen MR) is 159 cm³/mol. The molecule has 0 radical (unpaired) electrons. The van der Waals surface area contributed by atoms with Crippen LogP contribution >= 0.6 is 12.6 Å². The Labute approximate surface area is 250 Å². The predicted octanol–water partition coefficient (Wildman–Crippen LogP) is 4.15. The van der Waals surface area contributed by atoms with Crippen molar-refractivity contribution in [2.24, 2.45) is 5.92 Å². The maximum Gasteiger partial charge on any atom is 0.408 e. The van der Waals surface area contributed by atoms with Gasteiger partial charge in [-0.25, -0.2) is 14.4 Å². The van der Waals surface area contributed by atoms with Crippen molar-refractivity contribution < 1.29 is 42.9 Å². The van der Waals surface area contributed by atoms with E-state index in [1.165, 1.54) is 0 Å². The van der Waals surface area contributed by atoms with Crippen LogP contribution < -0.4 is 10.6 Å². The first-order valence-corrected chi connectivity index (χ1v) is 14.5. The number of ketones is 1. The van der Waals surface area contributed by atoms with Crippen LogP contribution in [-0.4, -0.2) is 76.6 Å². The van der Waals surface area contributed by atoms with Crippen molar-refractivity contribution in [1.29, 1.82) is 0 Å². The van der Waals surface area contributed by atoms with Gasteiger partial charge < -0.3 is 29.6 Å². The Morgan fingerprint density at radius 3 is 1.54 bits per heavy atom. The Kier molecular flexibility index (Phi) is 14.9. The average molecular weight is 605 g/mol. The molecular formula is C29H52N2O9S. The minimum Gasteiger partial charge on any atom is -0.458 e. The van der Waals surface area contributed by atoms with E-state index in [1.807, 2.05) is 20.8 Å². The number of hydrogen-bond acceptors (Lipinski definition) is 10. The lowest BCUT2D eigenvalue weighted by atomic mass is 9.97. The molecule has 2 amide bonds. The number of carbonyl (C=O) groups excluding carboxylic acids is 5. The van der Waals surface area contributed by atoms with Crippen LogP contribution in [0.15, 0.2) is 0 Å². The summed E-state index contributed by atoms with van der Waals surface area (Å²) in [5.74, 6) is -3.20. The number of Topliss-reactive ketones (excluding diaryl/α,β-unsaturated/α-hetero) is 1. The first-order chi connectivity index (χ1) is 18.3. The van der Waals surface area contributed by atoms with Gasteiger partial charge in [-0.3, -0.25) is 9.59 Å². The normalized spacial score (nSPS) is 14.8. The van der Waals surface area contributed by atoms with Gasteiger partial charge in [0.25, 0.3) is 0 Å². The van der Waals surface area contributed by atoms with Crippen molar-refractivity contribution in [3.05, 3.63) is 0 Å². The van der Waals surface area contributed by atoms with Gasteiger partial charge in [0.05, 0.1) is 18.1 Å². The Hall–Kier alpha value is -2.34. The quantitative estimate of drug-likeness (QED) is 0.160. The van der Waals surface area contributed by atoms with Crippen LogP contribution in [0, 0.1) is 5.92 Å². The summed E-state index contributed by atoms with van der Waals surface area (Å²) in [6.45, 7) is 20.6. The number of amides is 2. The number of thiol groups is 1. The summed E-state index contributed by atoms with van der Waals surface area (Å²) < 4.78 is 21.8. The lowest BCUT2D eigenvalue weighted by Crippen LogP contribution is -2.48. The summed E-state index contributed by atoms with van der Waals surface area (Å²) >= 11 is 4.17. The number of alkyl carbamates (subject to hydrolysis) is 1. The molecule has 0 aliphatic heterocycles. The zero-order valence-electron chi connectivity index (χ0n) is 26.9. The van der Waals surface area contributed by atoms with E-state index >= 15 is 0 Å². The largest absolute Gasteiger partial charge is 0.458 e. The van der Waals surface area contributed by atoms with Crippen LogP contribution in [0.4, 0.5) is 4.79 Å². The highest BCUT2D eigenvalue weighted by molar-refractivity contribution is 7.80. The summed E-state index contributed by atoms with van der Waals surface area (Å²) in [4.78, 5) is 63.9. The Bertz CT molecular complexity index is 909. The molecule has 0 aromatic heterocycles. The zero-order chi connectivity index (χ0) is 32.4. The molecule has 0 saturated heterocycles. The third kappa shape index (κ3) is 19.4. The maximum absolute atomic E-state index is 13.2. The van der Waals surface area contributed by atoms with Gasteiger partial charge in [-0.05, 0) is 89.5 Å². The van der Waals surface area contributed by atoms with Crippen LogP contribution in [-0.2, 0) is 38.1 Å². The molecule has 0 aliphatic rings. The fourth-order valence-corrected chi connectivity index (χ4v) is 3.41. The lowest BCUT2D eigenvalue weighted by molar-refractivity contribution is -0.158. The van der Waals surface area contributed by atoms with E-state index in [-0.39, 0.29) is 37.4 Å². The molecule has 3 atom stereocenters. The van der Waals surface area contributed by atoms with Gasteiger partial charge in [0.2, 0.25) is 5.91 Å². The minimum absolute atomic E-state index is 0.00461. The average Bonchev–Trinajstić information content (AvgIpc) is 2.73. The second kappa shape index (κ2) is 15.8. The second-order valence-electron chi connectivity index (χ2n) is 13.9. The van der Waals surface area contributed by atoms with Crippen molar-refractivity contribution in [3.63, 3.8) is 0 Å². The Morgan fingerprint density at radius 2 is 1.12 bits per heavy atom. The number of esters is 2. The molecule has 0 spiro atoms. The van der Waals surface area contributed by atoms with Gasteiger partial charge in [-0.1, -0.05) is 0 Å². The van der Waals surface area contributed by atoms with E-state index in [0.717, 1.165) is 0 Å². The summed E-state index contributed by atoms with van der Waals surface area (Å²) in [6, 6.07) is -2.17. The molecule has 0 rings (SSSR count). The molecular weight excluding hydrogens is 552 g/mol. The molecule has 0 heterocycles. The molecule has 11 nitrogen and oxygen atoms in total. The van der Waals surface area contributed by atoms with E-state index in [2.05, 4.69) is 23.3 Å². The second-order valence-corrected chi connectivity index (χ2v) is 14.3. The van der Waals surface area contributed by atoms with Gasteiger partial charge in [-0.15, -0.1) is 0 Å². The molecule has 0 unspecified atom stereocenters. The first-order valence-electron chi connectivity index (χ1n) is 13.8. The van der Waals surface area contributed by atoms with Gasteiger partial charge in [-0.2, -0.15) is 12.6 Å². The van der Waals surface area contributed by atoms with E-state index < -0.39 is 64.3 Å². The number of ether oxygens (including phenoxy) is 4. The van der Waals surface area contributed by atoms with E-state index in [0.29, 0.717) is 0 Å². The molecule has 0 aromatic carbocycles. The SMILES string of the molecule is CC(C)(C)OC[C@H](CC(=O)CC[C@H](NC(=O)OC(C)(C)C)C(=O)OC(C)(C)C)C(=O)N[C@@H](CS)C(=O)OC(C)(C)C. The first kappa shape index (κ1) is 38.7. The number of nitrogens with one attached hydrogen (secondary N) is 2. The Morgan fingerprint density at radius 1 is 0.659 bits per heavy atom. The Balaban J connectivity index is 5.64. The molecule has 2 N–H and O–H groups in total. The third-order valence-electron chi connectivity index (χ3n) is 4.85. The highest BCUT2D eigenvalue weighted by atomic mass is 32.1. The topological polar surface area (TPSA) is 146 Å². The van der Waals surface area contributed by atoms with Crippen molar-refractivity contribution in [2.45, 2.75) is 137 Å². The fourth-order valence-electron chi connectivity index (χ4n) is 3.17. The number of hydrogen-bond donors (Lipinski definition) is 3. The number of rotatable bonds is 13. The molecule has 12 heteroatoms. The fraction of sp³-hybridized carbons (Fsp3) is 0.828. The van der Waals surface area contributed by atoms with Crippen LogP contribution in [0.3, 0.4) is 0 Å². The summed E-state index contributed by atoms with van der Waals surface area (Å²) in [6.07, 6.45) is -1.25. The van der Waals surface area contributed by atoms with Crippen molar-refractivity contribution in [2.75, 3.05) is 12.4 Å². The van der Waals surface area contributed by atoms with Crippen molar-refractivity contribution in [3.8, 4) is 0 Å². The van der Waals surface area contributed by atoms with E-state index in [9.17, 15) is 24.0 Å². The van der Waals surface area contributed by atoms with Crippen LogP contribution in [0.2, 0.25) is 0 Å². The standard InChI is InChI=1S/C29H52N2O9S/c1-26(2,3)37-16-18(22(33)30-21(17-41)24(35)39-28(7,8)9)15-19(32)13-14-20(23(34)38-27(4,5)6)31-25(36)40-29(10,11)12/h18,20-21,41H,13-17H2,1-12H3,(H,30,33)(H,31,36)/t18-,20-,21-/m0/s1. The molecule has 41 heavy (non-hydrogen) atoms. The number of carbonyl (C=O) groups is 5. The molecule has 238 valence electrons. The van der Waals surface area contributed by atoms with Gasteiger partial charge in [0.15, 0.2) is 0 Å². The highest BCUT2D eigenvalue weighted by Crippen LogP contribution is 2.18. The monoisotopic (exact) mass is 604 g/mol. The van der Waals surface area contributed by atoms with Gasteiger partial charge in [0.1, 0.15) is 34.7 Å². The van der Waals surface area contributed by atoms with Crippen LogP contribution in [0.1, 0.15) is 102 Å². The summed E-state index contributed by atoms with van der Waals surface area (Å²) in [7, 11) is 0. The minimum atomic E-state index is -1.15. The molecule has 0 aliphatic carbocycles. The van der Waals surface area contributed by atoms with E-state index in [1.54, 1.807) is 62.3 Å². The lowest BCUT2D eigenvalue weighted by Gasteiger charge is -2.27. The van der Waals surface area contributed by atoms with Crippen molar-refractivity contribution >= 4 is 42.4 Å². The van der Waals surface area contributed by atoms with Crippen LogP contribution in [0.25, 0.3) is 0 Å². The molecule has 0 fully saturated rings. The van der Waals surface area contributed by atoms with Gasteiger partial charge >= 0.3 is 18.0 Å². The smallest absolute Gasteiger partial charge is 0.408 e. The third-order valence-corrected chi connectivity index (χ3v) is 5.21. The van der Waals surface area contributed by atoms with Crippen molar-refractivity contribution in [1.82, 2.24) is 10.6 Å². The van der Waals surface area contributed by atoms with Gasteiger partial charge in [0, 0.05) is 18.6 Å². The summed E-state index contributed by atoms with van der Waals surface area (Å²) in [5, 5.41) is 5.10. The maximum atomic E-state index is 13.2. The molecule has 0 saturated carbocycles. The zero-order valence-corrected chi connectivity index (χ0v) is 27.8.